The van der Waals surface area contributed by atoms with Gasteiger partial charge in [-0.1, -0.05) is 35.9 Å². The largest absolute Gasteiger partial charge is 0.309 e. The molecule has 0 bridgehead atoms. The summed E-state index contributed by atoms with van der Waals surface area (Å²) in [6.45, 7) is 8.75. The predicted octanol–water partition coefficient (Wildman–Crippen LogP) is 5.23. The van der Waals surface area contributed by atoms with Gasteiger partial charge in [0.2, 0.25) is 0 Å². The fourth-order valence-corrected chi connectivity index (χ4v) is 2.96. The van der Waals surface area contributed by atoms with Crippen LogP contribution in [0.1, 0.15) is 25.0 Å². The molecule has 0 atom stereocenters. The number of hydrogen-bond donors (Lipinski definition) is 0. The Kier molecular flexibility index (Phi) is 4.54. The number of nitrogens with zero attached hydrogens (tertiary/aromatic N) is 1. The summed E-state index contributed by atoms with van der Waals surface area (Å²) in [5.74, 6) is 0. The van der Waals surface area contributed by atoms with Gasteiger partial charge in [-0.05, 0) is 63.4 Å². The lowest BCUT2D eigenvalue weighted by atomic mass is 10.2. The van der Waals surface area contributed by atoms with Gasteiger partial charge in [-0.3, -0.25) is 0 Å². The van der Waals surface area contributed by atoms with Crippen molar-refractivity contribution in [1.82, 2.24) is 0 Å². The van der Waals surface area contributed by atoms with Gasteiger partial charge >= 0.3 is 0 Å². The van der Waals surface area contributed by atoms with Crippen LogP contribution >= 0.6 is 11.9 Å². The van der Waals surface area contributed by atoms with Crippen molar-refractivity contribution in [3.05, 3.63) is 59.7 Å². The second-order valence-corrected chi connectivity index (χ2v) is 6.16. The number of benzene rings is 2. The van der Waals surface area contributed by atoms with Crippen molar-refractivity contribution in [2.75, 3.05) is 4.31 Å². The van der Waals surface area contributed by atoms with Crippen molar-refractivity contribution in [3.63, 3.8) is 0 Å². The van der Waals surface area contributed by atoms with E-state index >= 15 is 0 Å². The average molecular weight is 271 g/mol. The first-order valence-corrected chi connectivity index (χ1v) is 7.45. The third kappa shape index (κ3) is 3.54. The molecule has 0 amide bonds. The van der Waals surface area contributed by atoms with E-state index in [1.807, 2.05) is 0 Å². The first kappa shape index (κ1) is 14.0. The number of aryl methyl sites for hydroxylation is 2. The summed E-state index contributed by atoms with van der Waals surface area (Å²) in [4.78, 5) is 1.28. The zero-order chi connectivity index (χ0) is 13.8. The van der Waals surface area contributed by atoms with Gasteiger partial charge in [0, 0.05) is 10.9 Å². The number of hydrogen-bond acceptors (Lipinski definition) is 2. The first-order valence-electron chi connectivity index (χ1n) is 6.67. The molecule has 0 N–H and O–H groups in total. The molecule has 0 heterocycles. The van der Waals surface area contributed by atoms with E-state index in [4.69, 9.17) is 0 Å². The average Bonchev–Trinajstić information content (AvgIpc) is 2.39. The molecule has 0 aliphatic rings. The van der Waals surface area contributed by atoms with E-state index in [0.29, 0.717) is 6.04 Å². The molecule has 1 nitrogen and oxygen atoms in total. The standard InChI is InChI=1S/C17H21NS/c1-13(2)18(17-8-6-5-7-15(17)4)19-16-11-9-14(3)10-12-16/h5-13H,1-4H3. The van der Waals surface area contributed by atoms with Crippen LogP contribution in [0.2, 0.25) is 0 Å². The minimum atomic E-state index is 0.451. The highest BCUT2D eigenvalue weighted by atomic mass is 32.2. The molecule has 0 fully saturated rings. The lowest BCUT2D eigenvalue weighted by molar-refractivity contribution is 0.833. The highest BCUT2D eigenvalue weighted by molar-refractivity contribution is 8.00. The van der Waals surface area contributed by atoms with Gasteiger partial charge in [0.15, 0.2) is 0 Å². The zero-order valence-electron chi connectivity index (χ0n) is 12.1. The van der Waals surface area contributed by atoms with Crippen LogP contribution in [-0.4, -0.2) is 6.04 Å². The zero-order valence-corrected chi connectivity index (χ0v) is 12.9. The summed E-state index contributed by atoms with van der Waals surface area (Å²) in [5.41, 5.74) is 3.91. The topological polar surface area (TPSA) is 3.24 Å². The van der Waals surface area contributed by atoms with Crippen molar-refractivity contribution in [2.24, 2.45) is 0 Å². The molecule has 0 unspecified atom stereocenters. The maximum Gasteiger partial charge on any atom is 0.0505 e. The summed E-state index contributed by atoms with van der Waals surface area (Å²) < 4.78 is 2.38. The quantitative estimate of drug-likeness (QED) is 0.701. The van der Waals surface area contributed by atoms with Crippen LogP contribution in [-0.2, 0) is 0 Å². The molecule has 2 aromatic rings. The molecule has 0 aromatic heterocycles. The van der Waals surface area contributed by atoms with Crippen LogP contribution < -0.4 is 4.31 Å². The van der Waals surface area contributed by atoms with E-state index in [2.05, 4.69) is 80.5 Å². The minimum absolute atomic E-state index is 0.451. The normalized spacial score (nSPS) is 10.8. The van der Waals surface area contributed by atoms with Crippen LogP contribution in [0.15, 0.2) is 53.4 Å². The Balaban J connectivity index is 2.27. The summed E-state index contributed by atoms with van der Waals surface area (Å²) in [5, 5.41) is 0. The van der Waals surface area contributed by atoms with E-state index in [9.17, 15) is 0 Å². The lowest BCUT2D eigenvalue weighted by Crippen LogP contribution is -2.23. The predicted molar refractivity (Wildman–Crippen MR) is 85.8 cm³/mol. The molecule has 0 aliphatic carbocycles. The molecule has 0 saturated heterocycles. The van der Waals surface area contributed by atoms with Crippen molar-refractivity contribution < 1.29 is 0 Å². The van der Waals surface area contributed by atoms with Crippen LogP contribution in [0.4, 0.5) is 5.69 Å². The number of anilines is 1. The summed E-state index contributed by atoms with van der Waals surface area (Å²) in [6, 6.07) is 17.7. The Morgan fingerprint density at radius 1 is 0.895 bits per heavy atom. The van der Waals surface area contributed by atoms with Crippen molar-refractivity contribution >= 4 is 17.6 Å². The van der Waals surface area contributed by atoms with Gasteiger partial charge < -0.3 is 4.31 Å². The van der Waals surface area contributed by atoms with E-state index in [-0.39, 0.29) is 0 Å². The van der Waals surface area contributed by atoms with E-state index < -0.39 is 0 Å². The highest BCUT2D eigenvalue weighted by Crippen LogP contribution is 2.33. The third-order valence-corrected chi connectivity index (χ3v) is 4.34. The molecular weight excluding hydrogens is 250 g/mol. The van der Waals surface area contributed by atoms with Crippen LogP contribution in [0.25, 0.3) is 0 Å². The molecule has 0 radical (unpaired) electrons. The second-order valence-electron chi connectivity index (χ2n) is 5.11. The van der Waals surface area contributed by atoms with Crippen molar-refractivity contribution in [3.8, 4) is 0 Å². The Bertz CT molecular complexity index is 531. The molecule has 2 heteroatoms. The fraction of sp³-hybridized carbons (Fsp3) is 0.294. The number of rotatable bonds is 4. The summed E-state index contributed by atoms with van der Waals surface area (Å²) in [6.07, 6.45) is 0. The fourth-order valence-electron chi connectivity index (χ4n) is 1.96. The monoisotopic (exact) mass is 271 g/mol. The first-order chi connectivity index (χ1) is 9.08. The van der Waals surface area contributed by atoms with Gasteiger partial charge in [-0.2, -0.15) is 0 Å². The van der Waals surface area contributed by atoms with Gasteiger partial charge in [-0.15, -0.1) is 0 Å². The Labute approximate surface area is 120 Å². The van der Waals surface area contributed by atoms with Crippen LogP contribution in [0.5, 0.6) is 0 Å². The molecule has 19 heavy (non-hydrogen) atoms. The summed E-state index contributed by atoms with van der Waals surface area (Å²) >= 11 is 1.81. The van der Waals surface area contributed by atoms with Gasteiger partial charge in [0.25, 0.3) is 0 Å². The summed E-state index contributed by atoms with van der Waals surface area (Å²) in [7, 11) is 0. The molecule has 0 saturated carbocycles. The second kappa shape index (κ2) is 6.16. The molecule has 2 aromatic carbocycles. The van der Waals surface area contributed by atoms with Crippen LogP contribution in [0.3, 0.4) is 0 Å². The van der Waals surface area contributed by atoms with E-state index in [1.54, 1.807) is 11.9 Å². The van der Waals surface area contributed by atoms with Crippen molar-refractivity contribution in [1.29, 1.82) is 0 Å². The highest BCUT2D eigenvalue weighted by Gasteiger charge is 2.14. The van der Waals surface area contributed by atoms with E-state index in [1.165, 1.54) is 21.7 Å². The molecular formula is C17H21NS. The maximum absolute atomic E-state index is 2.38. The Hall–Kier alpha value is -1.41. The van der Waals surface area contributed by atoms with Gasteiger partial charge in [-0.25, -0.2) is 0 Å². The van der Waals surface area contributed by atoms with E-state index in [0.717, 1.165) is 0 Å². The molecule has 2 rings (SSSR count). The number of para-hydroxylation sites is 1. The van der Waals surface area contributed by atoms with Crippen molar-refractivity contribution in [2.45, 2.75) is 38.6 Å². The van der Waals surface area contributed by atoms with Gasteiger partial charge in [0.05, 0.1) is 5.69 Å². The Morgan fingerprint density at radius 2 is 1.53 bits per heavy atom. The van der Waals surface area contributed by atoms with Crippen LogP contribution in [0, 0.1) is 13.8 Å². The molecule has 100 valence electrons. The Morgan fingerprint density at radius 3 is 2.11 bits per heavy atom. The molecule has 0 aliphatic heterocycles. The maximum atomic E-state index is 2.38. The van der Waals surface area contributed by atoms with Gasteiger partial charge in [0.1, 0.15) is 0 Å². The molecule has 0 spiro atoms. The third-order valence-electron chi connectivity index (χ3n) is 3.05. The minimum Gasteiger partial charge on any atom is -0.309 e. The smallest absolute Gasteiger partial charge is 0.0505 e. The SMILES string of the molecule is Cc1ccc(SN(c2ccccc2C)C(C)C)cc1. The lowest BCUT2D eigenvalue weighted by Gasteiger charge is -2.28.